The van der Waals surface area contributed by atoms with Crippen molar-refractivity contribution < 1.29 is 9.53 Å². The zero-order chi connectivity index (χ0) is 20.7. The first kappa shape index (κ1) is 19.2. The number of rotatable bonds is 3. The van der Waals surface area contributed by atoms with Gasteiger partial charge in [0.05, 0.1) is 11.7 Å². The molecule has 0 spiro atoms. The second-order valence-electron chi connectivity index (χ2n) is 8.18. The van der Waals surface area contributed by atoms with Crippen LogP contribution in [-0.2, 0) is 6.42 Å². The Bertz CT molecular complexity index is 1100. The number of nitrogen functional groups attached to an aromatic ring is 1. The number of anilines is 2. The standard InChI is InChI=1S/C23H26N4O2S/c1-14-5-8-18-20(24)21(30-23(18)25-14)22(28)26-16-11-15-6-7-17(12-19(15)29-13-16)27-9-3-2-4-10-27/h5-8,12,16H,2-4,9-11,13,24H2,1H3,(H,26,28)/t16-/m1/s1. The van der Waals surface area contributed by atoms with Gasteiger partial charge in [0.2, 0.25) is 0 Å². The van der Waals surface area contributed by atoms with Gasteiger partial charge in [-0.2, -0.15) is 0 Å². The zero-order valence-electron chi connectivity index (χ0n) is 17.1. The van der Waals surface area contributed by atoms with Crippen LogP contribution in [0.15, 0.2) is 30.3 Å². The molecule has 5 rings (SSSR count). The Morgan fingerprint density at radius 1 is 1.23 bits per heavy atom. The van der Waals surface area contributed by atoms with E-state index in [1.807, 2.05) is 19.1 Å². The van der Waals surface area contributed by atoms with Gasteiger partial charge >= 0.3 is 0 Å². The number of nitrogens with two attached hydrogens (primary N) is 1. The normalized spacial score (nSPS) is 18.7. The molecule has 0 saturated carbocycles. The van der Waals surface area contributed by atoms with Gasteiger partial charge in [0.1, 0.15) is 22.1 Å². The van der Waals surface area contributed by atoms with Gasteiger partial charge in [0.15, 0.2) is 0 Å². The SMILES string of the molecule is Cc1ccc2c(N)c(C(=O)N[C@H]3COc4cc(N5CCCCC5)ccc4C3)sc2n1. The first-order chi connectivity index (χ1) is 14.6. The molecule has 1 aromatic carbocycles. The van der Waals surface area contributed by atoms with Crippen molar-refractivity contribution in [1.82, 2.24) is 10.3 Å². The van der Waals surface area contributed by atoms with Crippen molar-refractivity contribution in [1.29, 1.82) is 0 Å². The fourth-order valence-electron chi connectivity index (χ4n) is 4.31. The Kier molecular flexibility index (Phi) is 4.98. The molecule has 0 radical (unpaired) electrons. The van der Waals surface area contributed by atoms with Crippen molar-refractivity contribution in [2.75, 3.05) is 30.3 Å². The minimum atomic E-state index is -0.157. The minimum Gasteiger partial charge on any atom is -0.491 e. The molecule has 0 bridgehead atoms. The van der Waals surface area contributed by atoms with Crippen molar-refractivity contribution >= 4 is 38.8 Å². The van der Waals surface area contributed by atoms with Crippen molar-refractivity contribution in [2.24, 2.45) is 0 Å². The second-order valence-corrected chi connectivity index (χ2v) is 9.17. The molecule has 2 aliphatic rings. The van der Waals surface area contributed by atoms with Crippen LogP contribution in [0, 0.1) is 6.92 Å². The highest BCUT2D eigenvalue weighted by molar-refractivity contribution is 7.21. The average molecular weight is 423 g/mol. The maximum Gasteiger partial charge on any atom is 0.263 e. The number of amides is 1. The summed E-state index contributed by atoms with van der Waals surface area (Å²) in [5, 5.41) is 3.94. The first-order valence-electron chi connectivity index (χ1n) is 10.6. The summed E-state index contributed by atoms with van der Waals surface area (Å²) in [6, 6.07) is 10.2. The average Bonchev–Trinajstić information content (AvgIpc) is 3.09. The van der Waals surface area contributed by atoms with Crippen molar-refractivity contribution in [3.8, 4) is 5.75 Å². The number of piperidine rings is 1. The molecular weight excluding hydrogens is 396 g/mol. The Morgan fingerprint density at radius 2 is 2.07 bits per heavy atom. The van der Waals surface area contributed by atoms with E-state index in [2.05, 4.69) is 33.4 Å². The van der Waals surface area contributed by atoms with Crippen LogP contribution in [-0.4, -0.2) is 36.6 Å². The Labute approximate surface area is 180 Å². The number of benzene rings is 1. The van der Waals surface area contributed by atoms with Gasteiger partial charge in [0.25, 0.3) is 5.91 Å². The largest absolute Gasteiger partial charge is 0.491 e. The lowest BCUT2D eigenvalue weighted by molar-refractivity contribution is 0.0920. The van der Waals surface area contributed by atoms with E-state index >= 15 is 0 Å². The Hall–Kier alpha value is -2.80. The predicted octanol–water partition coefficient (Wildman–Crippen LogP) is 3.91. The molecule has 2 aliphatic heterocycles. The molecule has 6 nitrogen and oxygen atoms in total. The lowest BCUT2D eigenvalue weighted by Crippen LogP contribution is -2.42. The van der Waals surface area contributed by atoms with Gasteiger partial charge in [-0.25, -0.2) is 4.98 Å². The summed E-state index contributed by atoms with van der Waals surface area (Å²) in [4.78, 5) is 21.1. The van der Waals surface area contributed by atoms with Gasteiger partial charge in [-0.05, 0) is 56.4 Å². The zero-order valence-corrected chi connectivity index (χ0v) is 17.9. The lowest BCUT2D eigenvalue weighted by Gasteiger charge is -2.31. The van der Waals surface area contributed by atoms with E-state index in [1.165, 1.54) is 36.3 Å². The van der Waals surface area contributed by atoms with Crippen molar-refractivity contribution in [3.05, 3.63) is 46.5 Å². The highest BCUT2D eigenvalue weighted by Crippen LogP contribution is 2.34. The fraction of sp³-hybridized carbons (Fsp3) is 0.391. The summed E-state index contributed by atoms with van der Waals surface area (Å²) < 4.78 is 6.03. The number of hydrogen-bond donors (Lipinski definition) is 2. The number of hydrogen-bond acceptors (Lipinski definition) is 6. The van der Waals surface area contributed by atoms with Gasteiger partial charge in [-0.1, -0.05) is 6.07 Å². The van der Waals surface area contributed by atoms with Crippen molar-refractivity contribution in [2.45, 2.75) is 38.6 Å². The molecule has 1 atom stereocenters. The molecule has 1 fully saturated rings. The third-order valence-corrected chi connectivity index (χ3v) is 7.07. The topological polar surface area (TPSA) is 80.5 Å². The van der Waals surface area contributed by atoms with E-state index in [-0.39, 0.29) is 11.9 Å². The van der Waals surface area contributed by atoms with Crippen LogP contribution in [0.1, 0.15) is 40.2 Å². The molecule has 2 aromatic heterocycles. The van der Waals surface area contributed by atoms with Crippen LogP contribution >= 0.6 is 11.3 Å². The van der Waals surface area contributed by atoms with E-state index in [1.54, 1.807) is 0 Å². The smallest absolute Gasteiger partial charge is 0.263 e. The summed E-state index contributed by atoms with van der Waals surface area (Å²) >= 11 is 1.34. The molecule has 3 N–H and O–H groups in total. The minimum absolute atomic E-state index is 0.0786. The Balaban J connectivity index is 1.29. The lowest BCUT2D eigenvalue weighted by atomic mass is 10.0. The fourth-order valence-corrected chi connectivity index (χ4v) is 5.35. The number of fused-ring (bicyclic) bond motifs is 2. The van der Waals surface area contributed by atoms with Crippen LogP contribution in [0.25, 0.3) is 10.2 Å². The van der Waals surface area contributed by atoms with E-state index < -0.39 is 0 Å². The van der Waals surface area contributed by atoms with Gasteiger partial charge in [-0.3, -0.25) is 4.79 Å². The van der Waals surface area contributed by atoms with Gasteiger partial charge in [-0.15, -0.1) is 11.3 Å². The highest BCUT2D eigenvalue weighted by atomic mass is 32.1. The molecule has 1 amide bonds. The number of aryl methyl sites for hydroxylation is 1. The van der Waals surface area contributed by atoms with E-state index in [0.717, 1.165) is 46.7 Å². The molecule has 4 heterocycles. The molecule has 156 valence electrons. The van der Waals surface area contributed by atoms with E-state index in [0.29, 0.717) is 17.2 Å². The number of nitrogens with zero attached hydrogens (tertiary/aromatic N) is 2. The number of thiophene rings is 1. The second kappa shape index (κ2) is 7.80. The maximum absolute atomic E-state index is 12.9. The first-order valence-corrected chi connectivity index (χ1v) is 11.4. The molecule has 30 heavy (non-hydrogen) atoms. The summed E-state index contributed by atoms with van der Waals surface area (Å²) in [6.07, 6.45) is 4.58. The Morgan fingerprint density at radius 3 is 2.90 bits per heavy atom. The van der Waals surface area contributed by atoms with Crippen molar-refractivity contribution in [3.63, 3.8) is 0 Å². The number of ether oxygens (including phenoxy) is 1. The van der Waals surface area contributed by atoms with Crippen LogP contribution < -0.4 is 20.7 Å². The summed E-state index contributed by atoms with van der Waals surface area (Å²) in [7, 11) is 0. The van der Waals surface area contributed by atoms with E-state index in [4.69, 9.17) is 10.5 Å². The number of aromatic nitrogens is 1. The number of pyridine rings is 1. The van der Waals surface area contributed by atoms with Crippen LogP contribution in [0.3, 0.4) is 0 Å². The molecule has 1 saturated heterocycles. The molecule has 3 aromatic rings. The van der Waals surface area contributed by atoms with Gasteiger partial charge < -0.3 is 20.7 Å². The molecular formula is C23H26N4O2S. The predicted molar refractivity (Wildman–Crippen MR) is 122 cm³/mol. The van der Waals surface area contributed by atoms with Crippen LogP contribution in [0.2, 0.25) is 0 Å². The summed E-state index contributed by atoms with van der Waals surface area (Å²) in [5.74, 6) is 0.778. The molecule has 0 unspecified atom stereocenters. The number of carbonyl (C=O) groups excluding carboxylic acids is 1. The number of carbonyl (C=O) groups is 1. The van der Waals surface area contributed by atoms with Crippen LogP contribution in [0.5, 0.6) is 5.75 Å². The third-order valence-electron chi connectivity index (χ3n) is 5.95. The molecule has 7 heteroatoms. The monoisotopic (exact) mass is 422 g/mol. The third kappa shape index (κ3) is 3.58. The number of nitrogens with one attached hydrogen (secondary N) is 1. The van der Waals surface area contributed by atoms with Gasteiger partial charge in [0, 0.05) is 35.9 Å². The quantitative estimate of drug-likeness (QED) is 0.669. The summed E-state index contributed by atoms with van der Waals surface area (Å²) in [5.41, 5.74) is 10.0. The summed E-state index contributed by atoms with van der Waals surface area (Å²) in [6.45, 7) is 4.62. The maximum atomic E-state index is 12.9. The van der Waals surface area contributed by atoms with Crippen LogP contribution in [0.4, 0.5) is 11.4 Å². The molecule has 0 aliphatic carbocycles. The highest BCUT2D eigenvalue weighted by Gasteiger charge is 2.25. The van der Waals surface area contributed by atoms with E-state index in [9.17, 15) is 4.79 Å².